The first-order valence-corrected chi connectivity index (χ1v) is 8.20. The maximum Gasteiger partial charge on any atom is 0.171 e. The number of fused-ring (bicyclic) bond motifs is 2. The van der Waals surface area contributed by atoms with Crippen LogP contribution in [0.15, 0.2) is 54.1 Å². The Hall–Kier alpha value is -2.33. The number of methoxy groups -OCH3 is 1. The van der Waals surface area contributed by atoms with Crippen LogP contribution in [0.5, 0.6) is 5.75 Å². The van der Waals surface area contributed by atoms with E-state index in [0.717, 1.165) is 24.3 Å². The Kier molecular flexibility index (Phi) is 3.54. The first kappa shape index (κ1) is 14.3. The largest absolute Gasteiger partial charge is 0.497 e. The van der Waals surface area contributed by atoms with E-state index in [0.29, 0.717) is 5.11 Å². The van der Waals surface area contributed by atoms with E-state index in [1.165, 1.54) is 22.3 Å². The number of thiocarbonyl (C=S) groups is 1. The molecule has 2 aromatic carbocycles. The van der Waals surface area contributed by atoms with Crippen LogP contribution in [0.3, 0.4) is 0 Å². The molecule has 0 fully saturated rings. The van der Waals surface area contributed by atoms with Gasteiger partial charge in [-0.1, -0.05) is 36.4 Å². The molecule has 1 unspecified atom stereocenters. The van der Waals surface area contributed by atoms with Gasteiger partial charge in [-0.2, -0.15) is 0 Å². The zero-order valence-corrected chi connectivity index (χ0v) is 13.7. The second-order valence-electron chi connectivity index (χ2n) is 5.87. The smallest absolute Gasteiger partial charge is 0.171 e. The van der Waals surface area contributed by atoms with Gasteiger partial charge in [-0.05, 0) is 53.9 Å². The van der Waals surface area contributed by atoms with E-state index in [1.54, 1.807) is 7.11 Å². The number of hydrogen-bond donors (Lipinski definition) is 2. The molecule has 4 heteroatoms. The molecule has 1 aliphatic heterocycles. The highest BCUT2D eigenvalue weighted by molar-refractivity contribution is 7.80. The third-order valence-electron chi connectivity index (χ3n) is 4.57. The predicted molar refractivity (Wildman–Crippen MR) is 96.3 cm³/mol. The lowest BCUT2D eigenvalue weighted by atomic mass is 9.83. The van der Waals surface area contributed by atoms with E-state index >= 15 is 0 Å². The van der Waals surface area contributed by atoms with Crippen LogP contribution in [-0.2, 0) is 6.42 Å². The Bertz CT molecular complexity index is 798. The predicted octanol–water partition coefficient (Wildman–Crippen LogP) is 3.57. The zero-order chi connectivity index (χ0) is 15.8. The van der Waals surface area contributed by atoms with Gasteiger partial charge in [0.2, 0.25) is 0 Å². The van der Waals surface area contributed by atoms with Gasteiger partial charge in [-0.15, -0.1) is 0 Å². The van der Waals surface area contributed by atoms with Crippen molar-refractivity contribution in [1.29, 1.82) is 0 Å². The lowest BCUT2D eigenvalue weighted by Gasteiger charge is -2.35. The van der Waals surface area contributed by atoms with Crippen LogP contribution in [0.25, 0.3) is 5.70 Å². The molecule has 23 heavy (non-hydrogen) atoms. The fourth-order valence-electron chi connectivity index (χ4n) is 3.43. The molecule has 0 saturated heterocycles. The highest BCUT2D eigenvalue weighted by atomic mass is 32.1. The Balaban J connectivity index is 1.85. The van der Waals surface area contributed by atoms with Gasteiger partial charge in [0.25, 0.3) is 0 Å². The van der Waals surface area contributed by atoms with E-state index in [9.17, 15) is 0 Å². The van der Waals surface area contributed by atoms with Crippen molar-refractivity contribution in [3.63, 3.8) is 0 Å². The summed E-state index contributed by atoms with van der Waals surface area (Å²) in [6.45, 7) is 0. The molecular weight excluding hydrogens is 304 g/mol. The van der Waals surface area contributed by atoms with Crippen LogP contribution in [0.2, 0.25) is 0 Å². The second kappa shape index (κ2) is 5.70. The minimum atomic E-state index is 0.138. The molecule has 1 aliphatic carbocycles. The zero-order valence-electron chi connectivity index (χ0n) is 12.9. The molecule has 0 spiro atoms. The van der Waals surface area contributed by atoms with Crippen molar-refractivity contribution >= 4 is 23.0 Å². The van der Waals surface area contributed by atoms with Gasteiger partial charge in [0, 0.05) is 11.3 Å². The fraction of sp³-hybridized carbons (Fsp3) is 0.211. The quantitative estimate of drug-likeness (QED) is 0.828. The van der Waals surface area contributed by atoms with Gasteiger partial charge in [-0.3, -0.25) is 0 Å². The second-order valence-corrected chi connectivity index (χ2v) is 6.27. The highest BCUT2D eigenvalue weighted by Gasteiger charge is 2.30. The van der Waals surface area contributed by atoms with Crippen molar-refractivity contribution < 1.29 is 4.74 Å². The molecule has 0 radical (unpaired) electrons. The molecule has 4 rings (SSSR count). The summed E-state index contributed by atoms with van der Waals surface area (Å²) in [6, 6.07) is 16.9. The van der Waals surface area contributed by atoms with Crippen molar-refractivity contribution in [2.45, 2.75) is 18.9 Å². The Morgan fingerprint density at radius 3 is 2.70 bits per heavy atom. The van der Waals surface area contributed by atoms with Gasteiger partial charge in [-0.25, -0.2) is 0 Å². The Morgan fingerprint density at radius 2 is 1.91 bits per heavy atom. The number of benzene rings is 2. The molecule has 1 heterocycles. The number of rotatable bonds is 2. The van der Waals surface area contributed by atoms with Gasteiger partial charge in [0.05, 0.1) is 13.2 Å². The Labute approximate surface area is 141 Å². The maximum atomic E-state index is 5.45. The molecule has 0 bridgehead atoms. The molecule has 3 nitrogen and oxygen atoms in total. The van der Waals surface area contributed by atoms with E-state index in [-0.39, 0.29) is 6.04 Å². The average molecular weight is 322 g/mol. The molecule has 2 aliphatic rings. The summed E-state index contributed by atoms with van der Waals surface area (Å²) < 4.78 is 5.40. The molecule has 116 valence electrons. The molecule has 0 saturated carbocycles. The van der Waals surface area contributed by atoms with Crippen molar-refractivity contribution in [2.24, 2.45) is 0 Å². The summed E-state index contributed by atoms with van der Waals surface area (Å²) in [5.41, 5.74) is 6.30. The Morgan fingerprint density at radius 1 is 1.09 bits per heavy atom. The normalized spacial score (nSPS) is 19.3. The van der Waals surface area contributed by atoms with Gasteiger partial charge < -0.3 is 15.4 Å². The van der Waals surface area contributed by atoms with Gasteiger partial charge in [0.1, 0.15) is 5.75 Å². The van der Waals surface area contributed by atoms with E-state index in [4.69, 9.17) is 17.0 Å². The number of hydrogen-bond acceptors (Lipinski definition) is 2. The molecule has 2 aromatic rings. The van der Waals surface area contributed by atoms with E-state index < -0.39 is 0 Å². The van der Waals surface area contributed by atoms with Gasteiger partial charge >= 0.3 is 0 Å². The van der Waals surface area contributed by atoms with Crippen LogP contribution in [0.1, 0.15) is 29.2 Å². The summed E-state index contributed by atoms with van der Waals surface area (Å²) in [5, 5.41) is 7.47. The standard InChI is InChI=1S/C19H18N2OS/c1-22-14-9-7-12-8-10-15-17(13-5-3-2-4-6-13)20-19(23)21-18(15)16(12)11-14/h2-7,9,11,17H,8,10H2,1H3,(H2,20,21,23). The monoisotopic (exact) mass is 322 g/mol. The van der Waals surface area contributed by atoms with Crippen LogP contribution in [-0.4, -0.2) is 12.2 Å². The summed E-state index contributed by atoms with van der Waals surface area (Å²) in [7, 11) is 1.70. The van der Waals surface area contributed by atoms with Crippen LogP contribution in [0.4, 0.5) is 0 Å². The maximum absolute atomic E-state index is 5.45. The van der Waals surface area contributed by atoms with E-state index in [1.807, 2.05) is 12.1 Å². The van der Waals surface area contributed by atoms with Crippen LogP contribution < -0.4 is 15.4 Å². The SMILES string of the molecule is COc1ccc2c(c1)C1=C(CC2)C(c2ccccc2)NC(=S)N1. The van der Waals surface area contributed by atoms with Crippen molar-refractivity contribution in [1.82, 2.24) is 10.6 Å². The fourth-order valence-corrected chi connectivity index (χ4v) is 3.65. The molecule has 0 amide bonds. The van der Waals surface area contributed by atoms with E-state index in [2.05, 4.69) is 47.0 Å². The molecule has 2 N–H and O–H groups in total. The number of ether oxygens (including phenoxy) is 1. The van der Waals surface area contributed by atoms with Crippen LogP contribution in [0, 0.1) is 0 Å². The first-order chi connectivity index (χ1) is 11.3. The first-order valence-electron chi connectivity index (χ1n) is 7.79. The minimum Gasteiger partial charge on any atom is -0.497 e. The summed E-state index contributed by atoms with van der Waals surface area (Å²) in [6.07, 6.45) is 2.06. The average Bonchev–Trinajstić information content (AvgIpc) is 2.61. The minimum absolute atomic E-state index is 0.138. The van der Waals surface area contributed by atoms with Crippen molar-refractivity contribution in [3.8, 4) is 5.75 Å². The molecule has 1 atom stereocenters. The lowest BCUT2D eigenvalue weighted by molar-refractivity contribution is 0.414. The molecule has 0 aromatic heterocycles. The summed E-state index contributed by atoms with van der Waals surface area (Å²) in [5.74, 6) is 0.875. The van der Waals surface area contributed by atoms with Crippen molar-refractivity contribution in [2.75, 3.05) is 7.11 Å². The number of aryl methyl sites for hydroxylation is 1. The third kappa shape index (κ3) is 2.49. The third-order valence-corrected chi connectivity index (χ3v) is 4.79. The summed E-state index contributed by atoms with van der Waals surface area (Å²) in [4.78, 5) is 0. The highest BCUT2D eigenvalue weighted by Crippen LogP contribution is 2.39. The van der Waals surface area contributed by atoms with Crippen molar-refractivity contribution in [3.05, 3.63) is 70.8 Å². The molecular formula is C19H18N2OS. The topological polar surface area (TPSA) is 33.3 Å². The van der Waals surface area contributed by atoms with Gasteiger partial charge in [0.15, 0.2) is 5.11 Å². The number of nitrogens with one attached hydrogen (secondary N) is 2. The summed E-state index contributed by atoms with van der Waals surface area (Å²) >= 11 is 5.45. The van der Waals surface area contributed by atoms with Crippen LogP contribution >= 0.6 is 12.2 Å². The lowest BCUT2D eigenvalue weighted by Crippen LogP contribution is -2.44.